The molecule has 1 aliphatic carbocycles. The maximum atomic E-state index is 11.7. The van der Waals surface area contributed by atoms with Crippen molar-refractivity contribution in [1.82, 2.24) is 10.6 Å². The summed E-state index contributed by atoms with van der Waals surface area (Å²) in [6, 6.07) is -1.02. The van der Waals surface area contributed by atoms with Crippen LogP contribution in [0.25, 0.3) is 0 Å². The molecule has 0 aromatic rings. The zero-order chi connectivity index (χ0) is 13.8. The van der Waals surface area contributed by atoms with Crippen LogP contribution in [-0.4, -0.2) is 29.2 Å². The zero-order valence-electron chi connectivity index (χ0n) is 11.5. The predicted molar refractivity (Wildman–Crippen MR) is 69.4 cm³/mol. The predicted octanol–water partition coefficient (Wildman–Crippen LogP) is 2.12. The first-order chi connectivity index (χ1) is 8.34. The van der Waals surface area contributed by atoms with Crippen molar-refractivity contribution in [1.29, 1.82) is 0 Å². The quantitative estimate of drug-likeness (QED) is 0.721. The molecule has 0 saturated heterocycles. The summed E-state index contributed by atoms with van der Waals surface area (Å²) in [7, 11) is 0. The van der Waals surface area contributed by atoms with Crippen LogP contribution in [0.3, 0.4) is 0 Å². The van der Waals surface area contributed by atoms with Crippen molar-refractivity contribution in [2.24, 2.45) is 5.41 Å². The smallest absolute Gasteiger partial charge is 0.326 e. The number of hydrogen-bond donors (Lipinski definition) is 3. The van der Waals surface area contributed by atoms with Crippen molar-refractivity contribution in [2.45, 2.75) is 65.0 Å². The van der Waals surface area contributed by atoms with E-state index in [9.17, 15) is 9.59 Å². The number of urea groups is 1. The highest BCUT2D eigenvalue weighted by molar-refractivity contribution is 5.82. The largest absolute Gasteiger partial charge is 0.480 e. The molecule has 104 valence electrons. The van der Waals surface area contributed by atoms with Crippen LogP contribution in [0.1, 0.15) is 52.9 Å². The monoisotopic (exact) mass is 256 g/mol. The molecule has 18 heavy (non-hydrogen) atoms. The Hall–Kier alpha value is -1.26. The fourth-order valence-electron chi connectivity index (χ4n) is 2.55. The van der Waals surface area contributed by atoms with E-state index >= 15 is 0 Å². The molecule has 0 spiro atoms. The second-order valence-electron chi connectivity index (χ2n) is 5.87. The van der Waals surface area contributed by atoms with Crippen LogP contribution in [0.4, 0.5) is 4.79 Å². The van der Waals surface area contributed by atoms with Crippen LogP contribution in [0.15, 0.2) is 0 Å². The Balaban J connectivity index is 2.42. The molecule has 0 aliphatic heterocycles. The van der Waals surface area contributed by atoms with Crippen molar-refractivity contribution in [3.8, 4) is 0 Å². The molecular weight excluding hydrogens is 232 g/mol. The third kappa shape index (κ3) is 4.55. The van der Waals surface area contributed by atoms with E-state index in [1.165, 1.54) is 6.42 Å². The molecule has 1 saturated carbocycles. The lowest BCUT2D eigenvalue weighted by atomic mass is 9.75. The average molecular weight is 256 g/mol. The Labute approximate surface area is 108 Å². The lowest BCUT2D eigenvalue weighted by molar-refractivity contribution is -0.139. The first kappa shape index (κ1) is 14.8. The molecule has 1 fully saturated rings. The van der Waals surface area contributed by atoms with Crippen LogP contribution in [-0.2, 0) is 4.79 Å². The van der Waals surface area contributed by atoms with Gasteiger partial charge < -0.3 is 15.7 Å². The third-order valence-electron chi connectivity index (χ3n) is 3.55. The number of hydrogen-bond acceptors (Lipinski definition) is 2. The van der Waals surface area contributed by atoms with E-state index in [0.717, 1.165) is 19.3 Å². The van der Waals surface area contributed by atoms with Crippen molar-refractivity contribution < 1.29 is 14.7 Å². The lowest BCUT2D eigenvalue weighted by Gasteiger charge is -2.35. The van der Waals surface area contributed by atoms with E-state index in [4.69, 9.17) is 5.11 Å². The summed E-state index contributed by atoms with van der Waals surface area (Å²) in [4.78, 5) is 22.5. The number of carboxylic acids is 1. The van der Waals surface area contributed by atoms with Gasteiger partial charge in [0.25, 0.3) is 0 Å². The summed E-state index contributed by atoms with van der Waals surface area (Å²) < 4.78 is 0. The minimum Gasteiger partial charge on any atom is -0.480 e. The van der Waals surface area contributed by atoms with Crippen LogP contribution in [0.2, 0.25) is 0 Å². The van der Waals surface area contributed by atoms with Gasteiger partial charge >= 0.3 is 12.0 Å². The fourth-order valence-corrected chi connectivity index (χ4v) is 2.55. The lowest BCUT2D eigenvalue weighted by Crippen LogP contribution is -2.50. The summed E-state index contributed by atoms with van der Waals surface area (Å²) in [6.07, 6.45) is 4.59. The Morgan fingerprint density at radius 2 is 2.11 bits per heavy atom. The Morgan fingerprint density at radius 1 is 1.44 bits per heavy atom. The number of aliphatic carboxylic acids is 1. The van der Waals surface area contributed by atoms with Gasteiger partial charge in [0.2, 0.25) is 0 Å². The summed E-state index contributed by atoms with van der Waals surface area (Å²) in [5.41, 5.74) is 0.257. The van der Waals surface area contributed by atoms with Gasteiger partial charge in [0, 0.05) is 6.04 Å². The molecule has 1 unspecified atom stereocenters. The van der Waals surface area contributed by atoms with E-state index in [2.05, 4.69) is 24.5 Å². The molecule has 1 rings (SSSR count). The van der Waals surface area contributed by atoms with E-state index < -0.39 is 12.0 Å². The Kier molecular flexibility index (Phi) is 4.99. The minimum absolute atomic E-state index is 0.153. The molecule has 0 heterocycles. The Morgan fingerprint density at radius 3 is 2.61 bits per heavy atom. The standard InChI is InChI=1S/C13H24N2O3/c1-4-10(11(16)17)15-12(18)14-9-6-5-7-13(2,3)8-9/h9-10H,4-8H2,1-3H3,(H,16,17)(H2,14,15,18)/t9?,10-/m1/s1. The average Bonchev–Trinajstić information content (AvgIpc) is 2.23. The van der Waals surface area contributed by atoms with Crippen molar-refractivity contribution in [3.05, 3.63) is 0 Å². The normalized spacial score (nSPS) is 24.1. The molecule has 0 bridgehead atoms. The van der Waals surface area contributed by atoms with E-state index in [0.29, 0.717) is 6.42 Å². The second-order valence-corrected chi connectivity index (χ2v) is 5.87. The summed E-state index contributed by atoms with van der Waals surface area (Å²) in [5.74, 6) is -0.989. The molecule has 0 aromatic carbocycles. The SMILES string of the molecule is CC[C@@H](NC(=O)NC1CCCC(C)(C)C1)C(=O)O. The minimum atomic E-state index is -0.989. The number of nitrogens with one attached hydrogen (secondary N) is 2. The maximum absolute atomic E-state index is 11.7. The van der Waals surface area contributed by atoms with Crippen molar-refractivity contribution >= 4 is 12.0 Å². The summed E-state index contributed by atoms with van der Waals surface area (Å²) in [5, 5.41) is 14.2. The van der Waals surface area contributed by atoms with Crippen LogP contribution >= 0.6 is 0 Å². The third-order valence-corrected chi connectivity index (χ3v) is 3.55. The number of carboxylic acid groups (broad SMARTS) is 1. The maximum Gasteiger partial charge on any atom is 0.326 e. The highest BCUT2D eigenvalue weighted by Gasteiger charge is 2.29. The van der Waals surface area contributed by atoms with Gasteiger partial charge in [-0.1, -0.05) is 27.2 Å². The van der Waals surface area contributed by atoms with Gasteiger partial charge in [-0.25, -0.2) is 9.59 Å². The molecule has 5 nitrogen and oxygen atoms in total. The highest BCUT2D eigenvalue weighted by atomic mass is 16.4. The number of rotatable bonds is 4. The Bertz CT molecular complexity index is 315. The number of carbonyl (C=O) groups is 2. The molecule has 0 radical (unpaired) electrons. The molecule has 1 aliphatic rings. The van der Waals surface area contributed by atoms with Gasteiger partial charge in [-0.05, 0) is 31.1 Å². The van der Waals surface area contributed by atoms with Gasteiger partial charge in [0.15, 0.2) is 0 Å². The molecular formula is C13H24N2O3. The molecule has 5 heteroatoms. The molecule has 2 amide bonds. The van der Waals surface area contributed by atoms with Crippen LogP contribution in [0, 0.1) is 5.41 Å². The molecule has 0 aromatic heterocycles. The van der Waals surface area contributed by atoms with Gasteiger partial charge in [0.1, 0.15) is 6.04 Å². The number of amides is 2. The van der Waals surface area contributed by atoms with Gasteiger partial charge in [0.05, 0.1) is 0 Å². The van der Waals surface area contributed by atoms with E-state index in [1.807, 2.05) is 0 Å². The summed E-state index contributed by atoms with van der Waals surface area (Å²) >= 11 is 0. The fraction of sp³-hybridized carbons (Fsp3) is 0.846. The topological polar surface area (TPSA) is 78.4 Å². The van der Waals surface area contributed by atoms with Crippen molar-refractivity contribution in [3.63, 3.8) is 0 Å². The number of carbonyl (C=O) groups excluding carboxylic acids is 1. The van der Waals surface area contributed by atoms with Crippen LogP contribution < -0.4 is 10.6 Å². The second kappa shape index (κ2) is 6.07. The van der Waals surface area contributed by atoms with Crippen LogP contribution in [0.5, 0.6) is 0 Å². The van der Waals surface area contributed by atoms with E-state index in [-0.39, 0.29) is 17.5 Å². The van der Waals surface area contributed by atoms with Gasteiger partial charge in [-0.3, -0.25) is 0 Å². The van der Waals surface area contributed by atoms with Gasteiger partial charge in [-0.2, -0.15) is 0 Å². The molecule has 3 N–H and O–H groups in total. The van der Waals surface area contributed by atoms with Gasteiger partial charge in [-0.15, -0.1) is 0 Å². The van der Waals surface area contributed by atoms with E-state index in [1.54, 1.807) is 6.92 Å². The molecule has 2 atom stereocenters. The zero-order valence-corrected chi connectivity index (χ0v) is 11.5. The first-order valence-corrected chi connectivity index (χ1v) is 6.64. The highest BCUT2D eigenvalue weighted by Crippen LogP contribution is 2.34. The van der Waals surface area contributed by atoms with Crippen molar-refractivity contribution in [2.75, 3.05) is 0 Å². The summed E-state index contributed by atoms with van der Waals surface area (Å²) in [6.45, 7) is 6.14. The first-order valence-electron chi connectivity index (χ1n) is 6.64.